The van der Waals surface area contributed by atoms with Crippen LogP contribution in [0, 0.1) is 13.8 Å². The third-order valence-corrected chi connectivity index (χ3v) is 4.14. The zero-order valence-corrected chi connectivity index (χ0v) is 15.7. The van der Waals surface area contributed by atoms with Crippen molar-refractivity contribution in [3.05, 3.63) is 59.2 Å². The molecule has 2 aromatic rings. The molecule has 1 amide bonds. The summed E-state index contributed by atoms with van der Waals surface area (Å²) in [6, 6.07) is 13.1. The number of anilines is 1. The lowest BCUT2D eigenvalue weighted by atomic mass is 10.1. The van der Waals surface area contributed by atoms with E-state index in [1.165, 1.54) is 12.5 Å². The van der Waals surface area contributed by atoms with Gasteiger partial charge in [-0.05, 0) is 68.1 Å². The quantitative estimate of drug-likeness (QED) is 0.767. The molecule has 26 heavy (non-hydrogen) atoms. The van der Waals surface area contributed by atoms with E-state index < -0.39 is 12.1 Å². The Morgan fingerprint density at radius 2 is 1.73 bits per heavy atom. The lowest BCUT2D eigenvalue weighted by Crippen LogP contribution is -2.31. The number of nitrogens with one attached hydrogen (secondary N) is 1. The predicted octanol–water partition coefficient (Wildman–Crippen LogP) is 3.82. The highest BCUT2D eigenvalue weighted by molar-refractivity contribution is 5.95. The molecule has 0 aliphatic heterocycles. The minimum absolute atomic E-state index is 0.245. The smallest absolute Gasteiger partial charge is 0.344 e. The highest BCUT2D eigenvalue weighted by Crippen LogP contribution is 2.16. The number of benzene rings is 2. The van der Waals surface area contributed by atoms with Gasteiger partial charge < -0.3 is 14.8 Å². The molecule has 0 aliphatic carbocycles. The van der Waals surface area contributed by atoms with Crippen LogP contribution in [0.3, 0.4) is 0 Å². The summed E-state index contributed by atoms with van der Waals surface area (Å²) in [7, 11) is 0. The molecule has 0 aromatic heterocycles. The molecular weight excluding hydrogens is 330 g/mol. The summed E-state index contributed by atoms with van der Waals surface area (Å²) < 4.78 is 10.6. The number of hydrogen-bond donors (Lipinski definition) is 1. The van der Waals surface area contributed by atoms with Crippen molar-refractivity contribution in [1.82, 2.24) is 0 Å². The van der Waals surface area contributed by atoms with Gasteiger partial charge in [0.05, 0.1) is 0 Å². The first kappa shape index (κ1) is 19.5. The fourth-order valence-corrected chi connectivity index (χ4v) is 2.30. The van der Waals surface area contributed by atoms with Crippen molar-refractivity contribution >= 4 is 17.6 Å². The molecule has 0 saturated carbocycles. The van der Waals surface area contributed by atoms with Crippen molar-refractivity contribution in [3.63, 3.8) is 0 Å². The van der Waals surface area contributed by atoms with Crippen molar-refractivity contribution in [2.45, 2.75) is 40.2 Å². The number of esters is 1. The number of hydrogen-bond acceptors (Lipinski definition) is 4. The summed E-state index contributed by atoms with van der Waals surface area (Å²) in [6.45, 7) is 7.33. The van der Waals surface area contributed by atoms with Crippen LogP contribution in [0.4, 0.5) is 5.69 Å². The van der Waals surface area contributed by atoms with Crippen LogP contribution < -0.4 is 10.1 Å². The summed E-state index contributed by atoms with van der Waals surface area (Å²) >= 11 is 0. The van der Waals surface area contributed by atoms with E-state index in [2.05, 4.69) is 12.2 Å². The monoisotopic (exact) mass is 355 g/mol. The average Bonchev–Trinajstić information content (AvgIpc) is 2.63. The van der Waals surface area contributed by atoms with Crippen LogP contribution >= 0.6 is 0 Å². The Bertz CT molecular complexity index is 768. The van der Waals surface area contributed by atoms with Crippen LogP contribution in [0.2, 0.25) is 0 Å². The summed E-state index contributed by atoms with van der Waals surface area (Å²) in [4.78, 5) is 24.0. The van der Waals surface area contributed by atoms with Crippen LogP contribution in [0.1, 0.15) is 30.5 Å². The normalized spacial score (nSPS) is 11.5. The molecule has 0 aliphatic rings. The third kappa shape index (κ3) is 5.62. The second-order valence-corrected chi connectivity index (χ2v) is 6.21. The first-order valence-electron chi connectivity index (χ1n) is 8.68. The van der Waals surface area contributed by atoms with Crippen LogP contribution in [-0.2, 0) is 20.7 Å². The molecule has 0 radical (unpaired) electrons. The molecule has 2 rings (SSSR count). The molecule has 1 N–H and O–H groups in total. The molecule has 2 aromatic carbocycles. The van der Waals surface area contributed by atoms with Gasteiger partial charge in [-0.25, -0.2) is 4.79 Å². The predicted molar refractivity (Wildman–Crippen MR) is 101 cm³/mol. The Morgan fingerprint density at radius 1 is 1.04 bits per heavy atom. The maximum Gasteiger partial charge on any atom is 0.344 e. The van der Waals surface area contributed by atoms with Crippen molar-refractivity contribution < 1.29 is 19.1 Å². The van der Waals surface area contributed by atoms with E-state index in [1.54, 1.807) is 6.07 Å². The van der Waals surface area contributed by atoms with Gasteiger partial charge in [-0.1, -0.05) is 25.1 Å². The van der Waals surface area contributed by atoms with Crippen molar-refractivity contribution in [1.29, 1.82) is 0 Å². The fourth-order valence-electron chi connectivity index (χ4n) is 2.30. The Balaban J connectivity index is 1.81. The molecule has 5 nitrogen and oxygen atoms in total. The summed E-state index contributed by atoms with van der Waals surface area (Å²) in [6.07, 6.45) is 0.0275. The molecular formula is C21H25NO4. The lowest BCUT2D eigenvalue weighted by Gasteiger charge is -2.14. The van der Waals surface area contributed by atoms with Crippen molar-refractivity contribution in [2.24, 2.45) is 0 Å². The van der Waals surface area contributed by atoms with Gasteiger partial charge in [-0.2, -0.15) is 0 Å². The van der Waals surface area contributed by atoms with E-state index in [0.717, 1.165) is 17.5 Å². The minimum Gasteiger partial charge on any atom is -0.482 e. The fraction of sp³-hybridized carbons (Fsp3) is 0.333. The lowest BCUT2D eigenvalue weighted by molar-refractivity contribution is -0.155. The standard InChI is InChI=1S/C21H25NO4/c1-5-17-7-9-18(10-8-17)22-21(24)16(4)26-20(23)13-25-19-11-6-14(2)15(3)12-19/h6-12,16H,5,13H2,1-4H3,(H,22,24)/t16-/m1/s1. The van der Waals surface area contributed by atoms with Gasteiger partial charge in [0.1, 0.15) is 5.75 Å². The number of rotatable bonds is 7. The van der Waals surface area contributed by atoms with Gasteiger partial charge in [0.2, 0.25) is 0 Å². The average molecular weight is 355 g/mol. The van der Waals surface area contributed by atoms with Crippen LogP contribution in [0.25, 0.3) is 0 Å². The van der Waals surface area contributed by atoms with Gasteiger partial charge in [-0.15, -0.1) is 0 Å². The summed E-state index contributed by atoms with van der Waals surface area (Å²) in [5.74, 6) is -0.376. The number of carbonyl (C=O) groups excluding carboxylic acids is 2. The van der Waals surface area contributed by atoms with Crippen LogP contribution in [0.15, 0.2) is 42.5 Å². The minimum atomic E-state index is -0.906. The maximum atomic E-state index is 12.1. The summed E-state index contributed by atoms with van der Waals surface area (Å²) in [5.41, 5.74) is 4.09. The second kappa shape index (κ2) is 9.04. The molecule has 5 heteroatoms. The SMILES string of the molecule is CCc1ccc(NC(=O)[C@@H](C)OC(=O)COc2ccc(C)c(C)c2)cc1. The van der Waals surface area contributed by atoms with E-state index in [1.807, 2.05) is 50.2 Å². The Labute approximate surface area is 154 Å². The second-order valence-electron chi connectivity index (χ2n) is 6.21. The largest absolute Gasteiger partial charge is 0.482 e. The molecule has 0 spiro atoms. The number of ether oxygens (including phenoxy) is 2. The third-order valence-electron chi connectivity index (χ3n) is 4.14. The van der Waals surface area contributed by atoms with Gasteiger partial charge >= 0.3 is 5.97 Å². The number of amides is 1. The zero-order chi connectivity index (χ0) is 19.1. The Kier molecular flexibility index (Phi) is 6.78. The number of carbonyl (C=O) groups is 2. The molecule has 1 atom stereocenters. The maximum absolute atomic E-state index is 12.1. The first-order chi connectivity index (χ1) is 12.4. The molecule has 0 heterocycles. The van der Waals surface area contributed by atoms with Crippen molar-refractivity contribution in [2.75, 3.05) is 11.9 Å². The summed E-state index contributed by atoms with van der Waals surface area (Å²) in [5, 5.41) is 2.73. The van der Waals surface area contributed by atoms with Gasteiger partial charge in [0, 0.05) is 5.69 Å². The molecule has 0 bridgehead atoms. The Morgan fingerprint density at radius 3 is 2.35 bits per heavy atom. The van der Waals surface area contributed by atoms with Gasteiger partial charge in [0.15, 0.2) is 12.7 Å². The van der Waals surface area contributed by atoms with E-state index in [0.29, 0.717) is 11.4 Å². The highest BCUT2D eigenvalue weighted by Gasteiger charge is 2.18. The van der Waals surface area contributed by atoms with E-state index in [9.17, 15) is 9.59 Å². The van der Waals surface area contributed by atoms with Crippen LogP contribution in [-0.4, -0.2) is 24.6 Å². The highest BCUT2D eigenvalue weighted by atomic mass is 16.6. The number of aryl methyl sites for hydroxylation is 3. The van der Waals surface area contributed by atoms with Crippen molar-refractivity contribution in [3.8, 4) is 5.75 Å². The van der Waals surface area contributed by atoms with E-state index in [4.69, 9.17) is 9.47 Å². The molecule has 0 saturated heterocycles. The van der Waals surface area contributed by atoms with Gasteiger partial charge in [-0.3, -0.25) is 4.79 Å². The van der Waals surface area contributed by atoms with Crippen LogP contribution in [0.5, 0.6) is 5.75 Å². The molecule has 138 valence electrons. The van der Waals surface area contributed by atoms with E-state index >= 15 is 0 Å². The topological polar surface area (TPSA) is 64.6 Å². The van der Waals surface area contributed by atoms with Gasteiger partial charge in [0.25, 0.3) is 5.91 Å². The molecule has 0 unspecified atom stereocenters. The molecule has 0 fully saturated rings. The van der Waals surface area contributed by atoms with E-state index in [-0.39, 0.29) is 12.5 Å². The zero-order valence-electron chi connectivity index (χ0n) is 15.7. The Hall–Kier alpha value is -2.82. The first-order valence-corrected chi connectivity index (χ1v) is 8.68.